The highest BCUT2D eigenvalue weighted by atomic mass is 19.1. The number of methoxy groups -OCH3 is 1. The number of aromatic nitrogens is 2. The molecule has 2 unspecified atom stereocenters. The fourth-order valence-electron chi connectivity index (χ4n) is 3.69. The van der Waals surface area contributed by atoms with E-state index in [1.165, 1.54) is 12.1 Å². The first-order valence-corrected chi connectivity index (χ1v) is 8.79. The monoisotopic (exact) mass is 366 g/mol. The first kappa shape index (κ1) is 17.4. The minimum atomic E-state index is -1.35. The average Bonchev–Trinajstić information content (AvgIpc) is 3.01. The minimum absolute atomic E-state index is 0.196. The number of aliphatic hydroxyl groups is 1. The highest BCUT2D eigenvalue weighted by Crippen LogP contribution is 2.40. The van der Waals surface area contributed by atoms with Crippen molar-refractivity contribution in [2.75, 3.05) is 12.0 Å². The zero-order valence-electron chi connectivity index (χ0n) is 15.2. The predicted molar refractivity (Wildman–Crippen MR) is 98.6 cm³/mol. The molecular weight excluding hydrogens is 345 g/mol. The number of benzene rings is 2. The SMILES string of the molecule is COc1cccc(C(C)N2c3nccc[n+]3CC2(O)c2ccc(F)cc2)c1. The number of nitrogens with zero attached hydrogens (tertiary/aromatic N) is 3. The van der Waals surface area contributed by atoms with Crippen LogP contribution in [0.3, 0.4) is 0 Å². The molecule has 0 bridgehead atoms. The molecule has 5 nitrogen and oxygen atoms in total. The van der Waals surface area contributed by atoms with Gasteiger partial charge in [0.2, 0.25) is 5.72 Å². The zero-order valence-corrected chi connectivity index (χ0v) is 15.2. The van der Waals surface area contributed by atoms with Crippen LogP contribution in [0.5, 0.6) is 5.75 Å². The fraction of sp³-hybridized carbons (Fsp3) is 0.238. The van der Waals surface area contributed by atoms with E-state index in [1.54, 1.807) is 25.4 Å². The van der Waals surface area contributed by atoms with Crippen molar-refractivity contribution in [3.63, 3.8) is 0 Å². The molecule has 4 rings (SSSR count). The highest BCUT2D eigenvalue weighted by Gasteiger charge is 2.53. The van der Waals surface area contributed by atoms with Gasteiger partial charge in [-0.1, -0.05) is 17.1 Å². The van der Waals surface area contributed by atoms with Crippen LogP contribution in [0.25, 0.3) is 0 Å². The van der Waals surface area contributed by atoms with Gasteiger partial charge in [0.25, 0.3) is 0 Å². The van der Waals surface area contributed by atoms with Gasteiger partial charge in [0.05, 0.1) is 13.3 Å². The van der Waals surface area contributed by atoms with Crippen LogP contribution in [-0.4, -0.2) is 17.2 Å². The Morgan fingerprint density at radius 1 is 1.22 bits per heavy atom. The first-order chi connectivity index (χ1) is 13.0. The van der Waals surface area contributed by atoms with Crippen molar-refractivity contribution in [2.45, 2.75) is 25.2 Å². The topological polar surface area (TPSA) is 49.5 Å². The van der Waals surface area contributed by atoms with Crippen LogP contribution in [0.1, 0.15) is 24.1 Å². The van der Waals surface area contributed by atoms with E-state index in [9.17, 15) is 9.50 Å². The lowest BCUT2D eigenvalue weighted by atomic mass is 9.98. The maximum absolute atomic E-state index is 13.4. The standard InChI is InChI=1S/C21H21FN3O2/c1-15(16-5-3-6-19(13-16)27-2)25-20-23-11-4-12-24(20)14-21(25,26)17-7-9-18(22)10-8-17/h3-13,15,26H,14H2,1-2H3/q+1. The van der Waals surface area contributed by atoms with E-state index in [4.69, 9.17) is 4.74 Å². The summed E-state index contributed by atoms with van der Waals surface area (Å²) in [4.78, 5) is 6.36. The largest absolute Gasteiger partial charge is 0.497 e. The molecule has 6 heteroatoms. The van der Waals surface area contributed by atoms with Crippen LogP contribution < -0.4 is 14.2 Å². The van der Waals surface area contributed by atoms with E-state index in [1.807, 2.05) is 52.9 Å². The molecule has 0 fully saturated rings. The van der Waals surface area contributed by atoms with Crippen LogP contribution in [0.4, 0.5) is 10.3 Å². The molecule has 27 heavy (non-hydrogen) atoms. The van der Waals surface area contributed by atoms with Crippen molar-refractivity contribution in [1.29, 1.82) is 0 Å². The van der Waals surface area contributed by atoms with Gasteiger partial charge in [-0.05, 0) is 48.9 Å². The number of halogens is 1. The molecule has 1 aliphatic rings. The molecule has 1 aromatic heterocycles. The van der Waals surface area contributed by atoms with Gasteiger partial charge in [0.15, 0.2) is 0 Å². The van der Waals surface area contributed by atoms with Gasteiger partial charge in [0.1, 0.15) is 30.4 Å². The fourth-order valence-corrected chi connectivity index (χ4v) is 3.69. The lowest BCUT2D eigenvalue weighted by Crippen LogP contribution is -2.46. The molecule has 2 atom stereocenters. The Balaban J connectivity index is 1.83. The van der Waals surface area contributed by atoms with Crippen LogP contribution in [-0.2, 0) is 12.3 Å². The van der Waals surface area contributed by atoms with Crippen molar-refractivity contribution >= 4 is 5.95 Å². The lowest BCUT2D eigenvalue weighted by molar-refractivity contribution is -0.685. The van der Waals surface area contributed by atoms with E-state index in [0.29, 0.717) is 18.1 Å². The van der Waals surface area contributed by atoms with Gasteiger partial charge in [0, 0.05) is 11.6 Å². The number of rotatable bonds is 4. The van der Waals surface area contributed by atoms with Crippen molar-refractivity contribution in [3.8, 4) is 5.75 Å². The Kier molecular flexibility index (Phi) is 4.28. The summed E-state index contributed by atoms with van der Waals surface area (Å²) < 4.78 is 20.7. The van der Waals surface area contributed by atoms with Crippen LogP contribution in [0.15, 0.2) is 67.0 Å². The first-order valence-electron chi connectivity index (χ1n) is 8.79. The summed E-state index contributed by atoms with van der Waals surface area (Å²) in [5.74, 6) is 1.06. The summed E-state index contributed by atoms with van der Waals surface area (Å²) in [6.07, 6.45) is 3.59. The average molecular weight is 366 g/mol. The molecule has 0 radical (unpaired) electrons. The van der Waals surface area contributed by atoms with Crippen LogP contribution in [0.2, 0.25) is 0 Å². The van der Waals surface area contributed by atoms with Crippen LogP contribution in [0, 0.1) is 5.82 Å². The molecule has 1 N–H and O–H groups in total. The molecule has 0 spiro atoms. The van der Waals surface area contributed by atoms with Gasteiger partial charge >= 0.3 is 5.95 Å². The normalized spacial score (nSPS) is 19.6. The summed E-state index contributed by atoms with van der Waals surface area (Å²) in [7, 11) is 1.63. The quantitative estimate of drug-likeness (QED) is 0.722. The summed E-state index contributed by atoms with van der Waals surface area (Å²) >= 11 is 0. The molecular formula is C21H21FN3O2+. The Bertz CT molecular complexity index is 964. The Hall–Kier alpha value is -2.99. The summed E-state index contributed by atoms with van der Waals surface area (Å²) in [5.41, 5.74) is 0.246. The van der Waals surface area contributed by atoms with Crippen molar-refractivity contribution in [3.05, 3.63) is 83.9 Å². The zero-order chi connectivity index (χ0) is 19.0. The number of anilines is 1. The second-order valence-corrected chi connectivity index (χ2v) is 6.69. The predicted octanol–water partition coefficient (Wildman–Crippen LogP) is 2.94. The maximum Gasteiger partial charge on any atom is 0.397 e. The third-order valence-electron chi connectivity index (χ3n) is 5.07. The Morgan fingerprint density at radius 2 is 2.00 bits per heavy atom. The lowest BCUT2D eigenvalue weighted by Gasteiger charge is -2.33. The van der Waals surface area contributed by atoms with E-state index < -0.39 is 5.72 Å². The third kappa shape index (κ3) is 2.92. The molecule has 0 saturated heterocycles. The number of ether oxygens (including phenoxy) is 1. The van der Waals surface area contributed by atoms with E-state index >= 15 is 0 Å². The number of hydrogen-bond acceptors (Lipinski definition) is 4. The molecule has 3 aromatic rings. The molecule has 2 aromatic carbocycles. The second kappa shape index (κ2) is 6.63. The summed E-state index contributed by atoms with van der Waals surface area (Å²) in [6, 6.07) is 15.3. The molecule has 2 heterocycles. The Morgan fingerprint density at radius 3 is 2.74 bits per heavy atom. The van der Waals surface area contributed by atoms with E-state index in [2.05, 4.69) is 4.98 Å². The third-order valence-corrected chi connectivity index (χ3v) is 5.07. The van der Waals surface area contributed by atoms with Gasteiger partial charge in [-0.2, -0.15) is 0 Å². The Labute approximate surface area is 157 Å². The van der Waals surface area contributed by atoms with Gasteiger partial charge in [-0.25, -0.2) is 13.9 Å². The molecule has 138 valence electrons. The van der Waals surface area contributed by atoms with Gasteiger partial charge in [-0.3, -0.25) is 0 Å². The molecule has 0 aliphatic carbocycles. The van der Waals surface area contributed by atoms with Gasteiger partial charge < -0.3 is 9.84 Å². The van der Waals surface area contributed by atoms with Crippen molar-refractivity contribution in [2.24, 2.45) is 0 Å². The second-order valence-electron chi connectivity index (χ2n) is 6.69. The minimum Gasteiger partial charge on any atom is -0.497 e. The molecule has 0 saturated carbocycles. The highest BCUT2D eigenvalue weighted by molar-refractivity contribution is 5.43. The number of hydrogen-bond donors (Lipinski definition) is 1. The summed E-state index contributed by atoms with van der Waals surface area (Å²) in [6.45, 7) is 2.31. The van der Waals surface area contributed by atoms with E-state index in [-0.39, 0.29) is 11.9 Å². The van der Waals surface area contributed by atoms with E-state index in [0.717, 1.165) is 11.3 Å². The van der Waals surface area contributed by atoms with Crippen molar-refractivity contribution in [1.82, 2.24) is 4.98 Å². The maximum atomic E-state index is 13.4. The smallest absolute Gasteiger partial charge is 0.397 e. The number of fused-ring (bicyclic) bond motifs is 1. The van der Waals surface area contributed by atoms with Gasteiger partial charge in [-0.15, -0.1) is 0 Å². The molecule has 0 amide bonds. The van der Waals surface area contributed by atoms with Crippen LogP contribution >= 0.6 is 0 Å². The molecule has 1 aliphatic heterocycles. The van der Waals surface area contributed by atoms with Crippen molar-refractivity contribution < 1.29 is 18.8 Å². The summed E-state index contributed by atoms with van der Waals surface area (Å²) in [5, 5.41) is 11.7.